The fourth-order valence-corrected chi connectivity index (χ4v) is 3.22. The van der Waals surface area contributed by atoms with Crippen LogP contribution in [0.1, 0.15) is 116 Å². The van der Waals surface area contributed by atoms with Crippen molar-refractivity contribution < 1.29 is 9.59 Å². The summed E-state index contributed by atoms with van der Waals surface area (Å²) in [7, 11) is 0. The van der Waals surface area contributed by atoms with Gasteiger partial charge in [0.15, 0.2) is 0 Å². The number of hydrogen-bond donors (Lipinski definition) is 2. The molecule has 154 valence electrons. The molecule has 0 aliphatic heterocycles. The number of aldehydes is 1. The van der Waals surface area contributed by atoms with Gasteiger partial charge in [-0.1, -0.05) is 77.0 Å². The lowest BCUT2D eigenvalue weighted by Gasteiger charge is -2.06. The van der Waals surface area contributed by atoms with Crippen LogP contribution in [0.3, 0.4) is 0 Å². The molecule has 4 heteroatoms. The van der Waals surface area contributed by atoms with E-state index in [1.54, 1.807) is 0 Å². The van der Waals surface area contributed by atoms with Crippen molar-refractivity contribution >= 4 is 12.2 Å². The van der Waals surface area contributed by atoms with Gasteiger partial charge in [-0.3, -0.25) is 4.79 Å². The lowest BCUT2D eigenvalue weighted by molar-refractivity contribution is -0.121. The maximum atomic E-state index is 11.8. The molecule has 0 aliphatic carbocycles. The van der Waals surface area contributed by atoms with Gasteiger partial charge >= 0.3 is 0 Å². The van der Waals surface area contributed by atoms with Crippen molar-refractivity contribution in [3.63, 3.8) is 0 Å². The van der Waals surface area contributed by atoms with Crippen molar-refractivity contribution in [2.24, 2.45) is 5.73 Å². The Morgan fingerprint density at radius 3 is 1.65 bits per heavy atom. The van der Waals surface area contributed by atoms with Gasteiger partial charge in [-0.2, -0.15) is 0 Å². The molecule has 4 nitrogen and oxygen atoms in total. The Labute approximate surface area is 162 Å². The summed E-state index contributed by atoms with van der Waals surface area (Å²) in [5, 5.41) is 3.05. The van der Waals surface area contributed by atoms with Gasteiger partial charge in [0.1, 0.15) is 6.29 Å². The Morgan fingerprint density at radius 1 is 0.654 bits per heavy atom. The zero-order valence-electron chi connectivity index (χ0n) is 17.1. The maximum Gasteiger partial charge on any atom is 0.219 e. The summed E-state index contributed by atoms with van der Waals surface area (Å²) in [6, 6.07) is 0. The summed E-state index contributed by atoms with van der Waals surface area (Å²) in [6.45, 7) is 1.65. The van der Waals surface area contributed by atoms with Crippen LogP contribution in [-0.4, -0.2) is 25.3 Å². The van der Waals surface area contributed by atoms with Crippen LogP contribution in [0.25, 0.3) is 0 Å². The largest absolute Gasteiger partial charge is 0.356 e. The van der Waals surface area contributed by atoms with Crippen LogP contribution in [0.15, 0.2) is 0 Å². The third-order valence-corrected chi connectivity index (χ3v) is 4.93. The molecule has 0 atom stereocenters. The van der Waals surface area contributed by atoms with Gasteiger partial charge in [-0.25, -0.2) is 0 Å². The quantitative estimate of drug-likeness (QED) is 0.214. The Hall–Kier alpha value is -0.900. The zero-order chi connectivity index (χ0) is 19.1. The van der Waals surface area contributed by atoms with Gasteiger partial charge in [0, 0.05) is 19.4 Å². The minimum Gasteiger partial charge on any atom is -0.356 e. The van der Waals surface area contributed by atoms with E-state index >= 15 is 0 Å². The summed E-state index contributed by atoms with van der Waals surface area (Å²) in [5.41, 5.74) is 5.48. The number of rotatable bonds is 21. The van der Waals surface area contributed by atoms with Crippen molar-refractivity contribution in [3.05, 3.63) is 0 Å². The number of amides is 1. The minimum atomic E-state index is 0.225. The predicted molar refractivity (Wildman–Crippen MR) is 111 cm³/mol. The highest BCUT2D eigenvalue weighted by molar-refractivity contribution is 5.75. The molecule has 0 heterocycles. The lowest BCUT2D eigenvalue weighted by Crippen LogP contribution is -2.23. The average Bonchev–Trinajstić information content (AvgIpc) is 2.64. The second-order valence-corrected chi connectivity index (χ2v) is 7.50. The van der Waals surface area contributed by atoms with Crippen LogP contribution in [0.4, 0.5) is 0 Å². The lowest BCUT2D eigenvalue weighted by atomic mass is 10.1. The average molecular weight is 369 g/mol. The van der Waals surface area contributed by atoms with Gasteiger partial charge in [0.05, 0.1) is 0 Å². The third kappa shape index (κ3) is 21.1. The van der Waals surface area contributed by atoms with E-state index in [1.165, 1.54) is 77.0 Å². The molecule has 0 aromatic rings. The number of nitrogens with two attached hydrogens (primary N) is 1. The van der Waals surface area contributed by atoms with Crippen molar-refractivity contribution in [1.29, 1.82) is 0 Å². The highest BCUT2D eigenvalue weighted by atomic mass is 16.1. The molecule has 0 spiro atoms. The molecule has 26 heavy (non-hydrogen) atoms. The normalized spacial score (nSPS) is 10.8. The first-order chi connectivity index (χ1) is 12.8. The smallest absolute Gasteiger partial charge is 0.219 e. The minimum absolute atomic E-state index is 0.225. The van der Waals surface area contributed by atoms with Crippen LogP contribution in [0, 0.1) is 0 Å². The third-order valence-electron chi connectivity index (χ3n) is 4.93. The summed E-state index contributed by atoms with van der Waals surface area (Å²) < 4.78 is 0. The molecule has 0 rings (SSSR count). The van der Waals surface area contributed by atoms with Crippen LogP contribution in [-0.2, 0) is 9.59 Å². The SMILES string of the molecule is NCCCCCCCCCCC(=O)NCCCCCCCCCCC=O. The van der Waals surface area contributed by atoms with E-state index in [0.29, 0.717) is 6.42 Å². The second kappa shape index (κ2) is 22.1. The fraction of sp³-hybridized carbons (Fsp3) is 0.909. The first-order valence-corrected chi connectivity index (χ1v) is 11.2. The Kier molecular flexibility index (Phi) is 21.4. The van der Waals surface area contributed by atoms with Gasteiger partial charge in [0.25, 0.3) is 0 Å². The van der Waals surface area contributed by atoms with E-state index in [-0.39, 0.29) is 5.91 Å². The maximum absolute atomic E-state index is 11.8. The van der Waals surface area contributed by atoms with Gasteiger partial charge in [-0.15, -0.1) is 0 Å². The topological polar surface area (TPSA) is 72.2 Å². The van der Waals surface area contributed by atoms with Gasteiger partial charge in [-0.05, 0) is 32.2 Å². The Balaban J connectivity index is 3.14. The molecule has 0 fully saturated rings. The summed E-state index contributed by atoms with van der Waals surface area (Å²) in [5.74, 6) is 0.225. The fourth-order valence-electron chi connectivity index (χ4n) is 3.22. The number of unbranched alkanes of at least 4 members (excludes halogenated alkanes) is 15. The van der Waals surface area contributed by atoms with E-state index < -0.39 is 0 Å². The molecule has 0 bridgehead atoms. The number of carbonyl (C=O) groups excluding carboxylic acids is 2. The van der Waals surface area contributed by atoms with Crippen LogP contribution < -0.4 is 11.1 Å². The number of carbonyl (C=O) groups is 2. The number of hydrogen-bond acceptors (Lipinski definition) is 3. The molecular weight excluding hydrogens is 324 g/mol. The molecule has 0 aliphatic rings. The summed E-state index contributed by atoms with van der Waals surface area (Å²) in [4.78, 5) is 22.0. The standard InChI is InChI=1S/C22H44N2O2/c23-19-15-11-7-3-2-6-10-14-18-22(26)24-20-16-12-8-4-1-5-9-13-17-21-25/h21H,1-20,23H2,(H,24,26). The molecule has 1 amide bonds. The zero-order valence-corrected chi connectivity index (χ0v) is 17.1. The van der Waals surface area contributed by atoms with Gasteiger partial charge in [0.2, 0.25) is 5.91 Å². The van der Waals surface area contributed by atoms with E-state index in [4.69, 9.17) is 5.73 Å². The molecule has 0 saturated heterocycles. The molecule has 0 unspecified atom stereocenters. The summed E-state index contributed by atoms with van der Waals surface area (Å²) >= 11 is 0. The van der Waals surface area contributed by atoms with Crippen molar-refractivity contribution in [2.75, 3.05) is 13.1 Å². The van der Waals surface area contributed by atoms with E-state index in [9.17, 15) is 9.59 Å². The summed E-state index contributed by atoms with van der Waals surface area (Å²) in [6.07, 6.45) is 21.8. The van der Waals surface area contributed by atoms with Crippen molar-refractivity contribution in [1.82, 2.24) is 5.32 Å². The van der Waals surface area contributed by atoms with Crippen LogP contribution >= 0.6 is 0 Å². The Bertz CT molecular complexity index is 309. The first-order valence-electron chi connectivity index (χ1n) is 11.2. The van der Waals surface area contributed by atoms with E-state index in [2.05, 4.69) is 5.32 Å². The number of nitrogens with one attached hydrogen (secondary N) is 1. The van der Waals surface area contributed by atoms with Gasteiger partial charge < -0.3 is 15.8 Å². The molecule has 0 aromatic carbocycles. The monoisotopic (exact) mass is 368 g/mol. The molecular formula is C22H44N2O2. The first kappa shape index (κ1) is 25.1. The Morgan fingerprint density at radius 2 is 1.12 bits per heavy atom. The molecule has 0 saturated carbocycles. The highest BCUT2D eigenvalue weighted by Gasteiger charge is 2.00. The predicted octanol–water partition coefficient (Wildman–Crippen LogP) is 5.28. The van der Waals surface area contributed by atoms with E-state index in [1.807, 2.05) is 0 Å². The van der Waals surface area contributed by atoms with Crippen LogP contribution in [0.5, 0.6) is 0 Å². The molecule has 0 aromatic heterocycles. The van der Waals surface area contributed by atoms with Crippen molar-refractivity contribution in [3.8, 4) is 0 Å². The molecule has 3 N–H and O–H groups in total. The second-order valence-electron chi connectivity index (χ2n) is 7.50. The molecule has 0 radical (unpaired) electrons. The van der Waals surface area contributed by atoms with Crippen LogP contribution in [0.2, 0.25) is 0 Å². The highest BCUT2D eigenvalue weighted by Crippen LogP contribution is 2.10. The van der Waals surface area contributed by atoms with Crippen molar-refractivity contribution in [2.45, 2.75) is 116 Å². The van der Waals surface area contributed by atoms with E-state index in [0.717, 1.165) is 51.5 Å².